The molecular weight excluding hydrogens is 222 g/mol. The minimum Gasteiger partial charge on any atom is -0.314 e. The van der Waals surface area contributed by atoms with Crippen LogP contribution in [0.2, 0.25) is 0 Å². The third-order valence-corrected chi connectivity index (χ3v) is 3.87. The smallest absolute Gasteiger partial charge is 0.0416 e. The van der Waals surface area contributed by atoms with Crippen LogP contribution < -0.4 is 5.32 Å². The first-order valence-electron chi connectivity index (χ1n) is 7.15. The first kappa shape index (κ1) is 13.5. The average Bonchev–Trinajstić information content (AvgIpc) is 2.41. The van der Waals surface area contributed by atoms with E-state index in [1.54, 1.807) is 0 Å². The first-order chi connectivity index (χ1) is 8.79. The van der Waals surface area contributed by atoms with E-state index in [0.717, 1.165) is 25.4 Å². The predicted octanol–water partition coefficient (Wildman–Crippen LogP) is 1.94. The Morgan fingerprint density at radius 1 is 1.44 bits per heavy atom. The molecule has 2 rings (SSSR count). The fourth-order valence-corrected chi connectivity index (χ4v) is 2.82. The maximum atomic E-state index is 4.39. The third kappa shape index (κ3) is 3.79. The molecule has 1 aliphatic rings. The van der Waals surface area contributed by atoms with Crippen molar-refractivity contribution in [3.05, 3.63) is 30.1 Å². The van der Waals surface area contributed by atoms with Crippen LogP contribution in [0.3, 0.4) is 0 Å². The summed E-state index contributed by atoms with van der Waals surface area (Å²) in [6.07, 6.45) is 4.23. The van der Waals surface area contributed by atoms with Crippen molar-refractivity contribution in [2.24, 2.45) is 5.92 Å². The molecule has 1 aromatic rings. The molecule has 2 heterocycles. The van der Waals surface area contributed by atoms with Crippen molar-refractivity contribution in [2.45, 2.75) is 32.7 Å². The van der Waals surface area contributed by atoms with E-state index in [1.807, 2.05) is 12.3 Å². The van der Waals surface area contributed by atoms with E-state index in [9.17, 15) is 0 Å². The molecule has 1 saturated heterocycles. The molecule has 1 N–H and O–H groups in total. The molecule has 2 unspecified atom stereocenters. The molecule has 2 atom stereocenters. The third-order valence-electron chi connectivity index (χ3n) is 3.87. The minimum atomic E-state index is 0.709. The summed E-state index contributed by atoms with van der Waals surface area (Å²) in [6, 6.07) is 6.88. The normalized spacial score (nSPS) is 25.2. The number of hydrogen-bond donors (Lipinski definition) is 1. The van der Waals surface area contributed by atoms with Crippen molar-refractivity contribution in [1.29, 1.82) is 0 Å². The second-order valence-electron chi connectivity index (χ2n) is 5.30. The van der Waals surface area contributed by atoms with E-state index in [4.69, 9.17) is 0 Å². The topological polar surface area (TPSA) is 28.2 Å². The number of hydrogen-bond acceptors (Lipinski definition) is 3. The van der Waals surface area contributed by atoms with Crippen LogP contribution in [0.25, 0.3) is 0 Å². The van der Waals surface area contributed by atoms with Crippen LogP contribution in [0.1, 0.15) is 26.0 Å². The van der Waals surface area contributed by atoms with E-state index < -0.39 is 0 Å². The standard InChI is InChI=1S/C15H25N3/c1-3-16-15-8-11-18(12-13(15)2)10-7-14-6-4-5-9-17-14/h4-6,9,13,15-16H,3,7-8,10-12H2,1-2H3. The Hall–Kier alpha value is -0.930. The highest BCUT2D eigenvalue weighted by Crippen LogP contribution is 2.16. The number of nitrogens with one attached hydrogen (secondary N) is 1. The number of aromatic nitrogens is 1. The molecule has 0 radical (unpaired) electrons. The summed E-state index contributed by atoms with van der Waals surface area (Å²) in [5, 5.41) is 3.59. The Morgan fingerprint density at radius 2 is 2.33 bits per heavy atom. The number of pyridine rings is 1. The van der Waals surface area contributed by atoms with Gasteiger partial charge in [-0.1, -0.05) is 19.9 Å². The molecule has 3 nitrogen and oxygen atoms in total. The van der Waals surface area contributed by atoms with Crippen LogP contribution in [0, 0.1) is 5.92 Å². The fourth-order valence-electron chi connectivity index (χ4n) is 2.82. The highest BCUT2D eigenvalue weighted by atomic mass is 15.1. The van der Waals surface area contributed by atoms with Crippen molar-refractivity contribution >= 4 is 0 Å². The summed E-state index contributed by atoms with van der Waals surface area (Å²) >= 11 is 0. The zero-order valence-electron chi connectivity index (χ0n) is 11.6. The molecule has 0 bridgehead atoms. The summed E-state index contributed by atoms with van der Waals surface area (Å²) in [5.41, 5.74) is 1.21. The summed E-state index contributed by atoms with van der Waals surface area (Å²) in [6.45, 7) is 9.21. The van der Waals surface area contributed by atoms with Crippen LogP contribution >= 0.6 is 0 Å². The molecule has 100 valence electrons. The predicted molar refractivity (Wildman–Crippen MR) is 75.6 cm³/mol. The number of likely N-dealkylation sites (tertiary alicyclic amines) is 1. The van der Waals surface area contributed by atoms with E-state index in [0.29, 0.717) is 6.04 Å². The summed E-state index contributed by atoms with van der Waals surface area (Å²) in [5.74, 6) is 0.752. The van der Waals surface area contributed by atoms with Crippen LogP contribution in [-0.2, 0) is 6.42 Å². The molecule has 1 aromatic heterocycles. The van der Waals surface area contributed by atoms with Crippen molar-refractivity contribution in [2.75, 3.05) is 26.2 Å². The Bertz CT molecular complexity index is 339. The first-order valence-corrected chi connectivity index (χ1v) is 7.15. The van der Waals surface area contributed by atoms with Gasteiger partial charge in [0, 0.05) is 37.4 Å². The molecule has 0 aliphatic carbocycles. The van der Waals surface area contributed by atoms with Gasteiger partial charge in [-0.2, -0.15) is 0 Å². The zero-order chi connectivity index (χ0) is 12.8. The van der Waals surface area contributed by atoms with Gasteiger partial charge in [0.05, 0.1) is 0 Å². The van der Waals surface area contributed by atoms with Gasteiger partial charge in [0.25, 0.3) is 0 Å². The van der Waals surface area contributed by atoms with Gasteiger partial charge < -0.3 is 10.2 Å². The summed E-state index contributed by atoms with van der Waals surface area (Å²) in [7, 11) is 0. The average molecular weight is 247 g/mol. The van der Waals surface area contributed by atoms with E-state index in [2.05, 4.69) is 41.2 Å². The lowest BCUT2D eigenvalue weighted by Crippen LogP contribution is -2.48. The van der Waals surface area contributed by atoms with Gasteiger partial charge in [-0.3, -0.25) is 4.98 Å². The second-order valence-corrected chi connectivity index (χ2v) is 5.30. The lowest BCUT2D eigenvalue weighted by molar-refractivity contribution is 0.149. The monoisotopic (exact) mass is 247 g/mol. The number of nitrogens with zero attached hydrogens (tertiary/aromatic N) is 2. The molecule has 0 amide bonds. The van der Waals surface area contributed by atoms with Gasteiger partial charge in [0.15, 0.2) is 0 Å². The van der Waals surface area contributed by atoms with Crippen LogP contribution in [0.4, 0.5) is 0 Å². The lowest BCUT2D eigenvalue weighted by Gasteiger charge is -2.37. The van der Waals surface area contributed by atoms with Crippen molar-refractivity contribution in [3.63, 3.8) is 0 Å². The van der Waals surface area contributed by atoms with E-state index in [1.165, 1.54) is 25.2 Å². The Balaban J connectivity index is 1.75. The molecule has 18 heavy (non-hydrogen) atoms. The quantitative estimate of drug-likeness (QED) is 0.862. The molecule has 1 aliphatic heterocycles. The van der Waals surface area contributed by atoms with Crippen LogP contribution in [-0.4, -0.2) is 42.1 Å². The van der Waals surface area contributed by atoms with Gasteiger partial charge in [-0.05, 0) is 37.6 Å². The summed E-state index contributed by atoms with van der Waals surface area (Å²) < 4.78 is 0. The largest absolute Gasteiger partial charge is 0.314 e. The van der Waals surface area contributed by atoms with Crippen molar-refractivity contribution in [3.8, 4) is 0 Å². The number of piperidine rings is 1. The van der Waals surface area contributed by atoms with Gasteiger partial charge in [0.1, 0.15) is 0 Å². The lowest BCUT2D eigenvalue weighted by atomic mass is 9.93. The van der Waals surface area contributed by atoms with Gasteiger partial charge in [-0.15, -0.1) is 0 Å². The van der Waals surface area contributed by atoms with Crippen molar-refractivity contribution in [1.82, 2.24) is 15.2 Å². The molecular formula is C15H25N3. The van der Waals surface area contributed by atoms with Gasteiger partial charge in [0.2, 0.25) is 0 Å². The minimum absolute atomic E-state index is 0.709. The van der Waals surface area contributed by atoms with Crippen LogP contribution in [0.15, 0.2) is 24.4 Å². The molecule has 0 spiro atoms. The highest BCUT2D eigenvalue weighted by Gasteiger charge is 2.24. The Labute approximate surface area is 111 Å². The van der Waals surface area contributed by atoms with Crippen molar-refractivity contribution < 1.29 is 0 Å². The molecule has 0 saturated carbocycles. The fraction of sp³-hybridized carbons (Fsp3) is 0.667. The second kappa shape index (κ2) is 6.86. The number of rotatable bonds is 5. The van der Waals surface area contributed by atoms with E-state index in [-0.39, 0.29) is 0 Å². The molecule has 1 fully saturated rings. The molecule has 0 aromatic carbocycles. The van der Waals surface area contributed by atoms with Gasteiger partial charge in [-0.25, -0.2) is 0 Å². The van der Waals surface area contributed by atoms with Gasteiger partial charge >= 0.3 is 0 Å². The maximum absolute atomic E-state index is 4.39. The maximum Gasteiger partial charge on any atom is 0.0416 e. The molecule has 3 heteroatoms. The summed E-state index contributed by atoms with van der Waals surface area (Å²) in [4.78, 5) is 6.96. The zero-order valence-corrected chi connectivity index (χ0v) is 11.6. The Kier molecular flexibility index (Phi) is 5.14. The highest BCUT2D eigenvalue weighted by molar-refractivity contribution is 5.03. The Morgan fingerprint density at radius 3 is 3.00 bits per heavy atom. The van der Waals surface area contributed by atoms with E-state index >= 15 is 0 Å². The SMILES string of the molecule is CCNC1CCN(CCc2ccccn2)CC1C. The van der Waals surface area contributed by atoms with Crippen LogP contribution in [0.5, 0.6) is 0 Å².